The molecule has 0 aromatic rings. The summed E-state index contributed by atoms with van der Waals surface area (Å²) in [5.74, 6) is 0. The summed E-state index contributed by atoms with van der Waals surface area (Å²) < 4.78 is 0. The quantitative estimate of drug-likeness (QED) is 0.474. The first-order valence-corrected chi connectivity index (χ1v) is 2.99. The summed E-state index contributed by atoms with van der Waals surface area (Å²) in [6, 6.07) is 0.319. The van der Waals surface area contributed by atoms with E-state index in [0.717, 1.165) is 25.0 Å². The van der Waals surface area contributed by atoms with Crippen LogP contribution in [0.25, 0.3) is 0 Å². The lowest BCUT2D eigenvalue weighted by molar-refractivity contribution is 0.583. The van der Waals surface area contributed by atoms with Gasteiger partial charge in [0.2, 0.25) is 0 Å². The van der Waals surface area contributed by atoms with Gasteiger partial charge < -0.3 is 11.5 Å². The van der Waals surface area contributed by atoms with Crippen LogP contribution in [0.1, 0.15) is 19.3 Å². The maximum atomic E-state index is 5.60. The minimum Gasteiger partial charge on any atom is -0.402 e. The van der Waals surface area contributed by atoms with E-state index in [-0.39, 0.29) is 0 Å². The van der Waals surface area contributed by atoms with Crippen molar-refractivity contribution in [3.05, 3.63) is 11.8 Å². The Hall–Kier alpha value is -0.500. The van der Waals surface area contributed by atoms with Crippen LogP contribution >= 0.6 is 0 Å². The molecule has 2 heteroatoms. The van der Waals surface area contributed by atoms with E-state index < -0.39 is 0 Å². The minimum atomic E-state index is 0.319. The molecule has 0 spiro atoms. The highest BCUT2D eigenvalue weighted by Crippen LogP contribution is 2.11. The number of hydrogen-bond donors (Lipinski definition) is 2. The van der Waals surface area contributed by atoms with Gasteiger partial charge in [-0.1, -0.05) is 6.08 Å². The zero-order valence-corrected chi connectivity index (χ0v) is 4.93. The monoisotopic (exact) mass is 112 g/mol. The number of nitrogens with two attached hydrogens (primary N) is 2. The third kappa shape index (κ3) is 1.23. The Balaban J connectivity index is 2.45. The average molecular weight is 112 g/mol. The molecule has 0 amide bonds. The fourth-order valence-corrected chi connectivity index (χ4v) is 0.971. The maximum absolute atomic E-state index is 5.60. The molecular weight excluding hydrogens is 100 g/mol. The summed E-state index contributed by atoms with van der Waals surface area (Å²) in [6.45, 7) is 0. The predicted molar refractivity (Wildman–Crippen MR) is 34.1 cm³/mol. The van der Waals surface area contributed by atoms with E-state index in [1.54, 1.807) is 0 Å². The molecule has 1 aliphatic carbocycles. The standard InChI is InChI=1S/C6H12N2/c7-5-2-1-3-6(8)4-5/h2,6H,1,3-4,7-8H2. The highest BCUT2D eigenvalue weighted by molar-refractivity contribution is 5.03. The second-order valence-corrected chi connectivity index (χ2v) is 2.32. The van der Waals surface area contributed by atoms with Crippen LogP contribution in [0.5, 0.6) is 0 Å². The van der Waals surface area contributed by atoms with Gasteiger partial charge in [0, 0.05) is 18.2 Å². The zero-order valence-electron chi connectivity index (χ0n) is 4.93. The van der Waals surface area contributed by atoms with Crippen LogP contribution in [-0.2, 0) is 0 Å². The second-order valence-electron chi connectivity index (χ2n) is 2.32. The number of rotatable bonds is 0. The van der Waals surface area contributed by atoms with Crippen molar-refractivity contribution in [2.75, 3.05) is 0 Å². The molecule has 4 N–H and O–H groups in total. The van der Waals surface area contributed by atoms with Crippen molar-refractivity contribution in [3.8, 4) is 0 Å². The van der Waals surface area contributed by atoms with E-state index in [1.165, 1.54) is 0 Å². The first-order chi connectivity index (χ1) is 3.79. The highest BCUT2D eigenvalue weighted by atomic mass is 14.7. The SMILES string of the molecule is NC1=CCCC(N)C1. The molecule has 0 fully saturated rings. The Labute approximate surface area is 49.5 Å². The molecule has 0 aromatic carbocycles. The Morgan fingerprint density at radius 2 is 2.38 bits per heavy atom. The van der Waals surface area contributed by atoms with Gasteiger partial charge in [-0.15, -0.1) is 0 Å². The van der Waals surface area contributed by atoms with Crippen LogP contribution in [-0.4, -0.2) is 6.04 Å². The molecule has 0 saturated heterocycles. The molecule has 1 unspecified atom stereocenters. The fraction of sp³-hybridized carbons (Fsp3) is 0.667. The Bertz CT molecular complexity index is 107. The topological polar surface area (TPSA) is 52.0 Å². The van der Waals surface area contributed by atoms with Gasteiger partial charge in [0.25, 0.3) is 0 Å². The lowest BCUT2D eigenvalue weighted by Gasteiger charge is -2.14. The molecule has 1 rings (SSSR count). The molecule has 8 heavy (non-hydrogen) atoms. The third-order valence-electron chi connectivity index (χ3n) is 1.44. The van der Waals surface area contributed by atoms with Gasteiger partial charge in [-0.2, -0.15) is 0 Å². The minimum absolute atomic E-state index is 0.319. The predicted octanol–water partition coefficient (Wildman–Crippen LogP) is 0.340. The lowest BCUT2D eigenvalue weighted by Crippen LogP contribution is -2.24. The van der Waals surface area contributed by atoms with Crippen LogP contribution < -0.4 is 11.5 Å². The molecule has 0 radical (unpaired) electrons. The highest BCUT2D eigenvalue weighted by Gasteiger charge is 2.06. The van der Waals surface area contributed by atoms with Crippen molar-refractivity contribution >= 4 is 0 Å². The first kappa shape index (κ1) is 5.63. The van der Waals surface area contributed by atoms with E-state index in [1.807, 2.05) is 0 Å². The van der Waals surface area contributed by atoms with Crippen LogP contribution in [0.3, 0.4) is 0 Å². The number of allylic oxidation sites excluding steroid dienone is 1. The van der Waals surface area contributed by atoms with Crippen molar-refractivity contribution in [3.63, 3.8) is 0 Å². The van der Waals surface area contributed by atoms with Gasteiger partial charge in [0.15, 0.2) is 0 Å². The Morgan fingerprint density at radius 3 is 2.75 bits per heavy atom. The molecule has 0 bridgehead atoms. The van der Waals surface area contributed by atoms with Crippen LogP contribution in [0.15, 0.2) is 11.8 Å². The van der Waals surface area contributed by atoms with E-state index in [0.29, 0.717) is 6.04 Å². The lowest BCUT2D eigenvalue weighted by atomic mass is 10.0. The summed E-state index contributed by atoms with van der Waals surface area (Å²) >= 11 is 0. The van der Waals surface area contributed by atoms with E-state index >= 15 is 0 Å². The maximum Gasteiger partial charge on any atom is 0.00962 e. The molecule has 46 valence electrons. The molecule has 2 nitrogen and oxygen atoms in total. The molecule has 0 aliphatic heterocycles. The third-order valence-corrected chi connectivity index (χ3v) is 1.44. The summed E-state index contributed by atoms with van der Waals surface area (Å²) in [4.78, 5) is 0. The molecule has 0 heterocycles. The average Bonchev–Trinajstić information content (AvgIpc) is 1.64. The van der Waals surface area contributed by atoms with E-state index in [9.17, 15) is 0 Å². The number of hydrogen-bond acceptors (Lipinski definition) is 2. The smallest absolute Gasteiger partial charge is 0.00962 e. The fourth-order valence-electron chi connectivity index (χ4n) is 0.971. The Kier molecular flexibility index (Phi) is 1.53. The van der Waals surface area contributed by atoms with Crippen LogP contribution in [0.4, 0.5) is 0 Å². The van der Waals surface area contributed by atoms with Crippen molar-refractivity contribution in [2.24, 2.45) is 11.5 Å². The van der Waals surface area contributed by atoms with Gasteiger partial charge in [-0.3, -0.25) is 0 Å². The Morgan fingerprint density at radius 1 is 1.62 bits per heavy atom. The van der Waals surface area contributed by atoms with Gasteiger partial charge in [-0.25, -0.2) is 0 Å². The second kappa shape index (κ2) is 2.18. The van der Waals surface area contributed by atoms with Gasteiger partial charge in [0.1, 0.15) is 0 Å². The molecule has 0 saturated carbocycles. The van der Waals surface area contributed by atoms with Crippen molar-refractivity contribution in [2.45, 2.75) is 25.3 Å². The molecular formula is C6H12N2. The normalized spacial score (nSPS) is 29.6. The van der Waals surface area contributed by atoms with Gasteiger partial charge in [0.05, 0.1) is 0 Å². The molecule has 0 aromatic heterocycles. The summed E-state index contributed by atoms with van der Waals surface area (Å²) in [6.07, 6.45) is 5.11. The van der Waals surface area contributed by atoms with Crippen LogP contribution in [0, 0.1) is 0 Å². The van der Waals surface area contributed by atoms with E-state index in [4.69, 9.17) is 11.5 Å². The summed E-state index contributed by atoms with van der Waals surface area (Å²) in [5, 5.41) is 0. The first-order valence-electron chi connectivity index (χ1n) is 2.99. The summed E-state index contributed by atoms with van der Waals surface area (Å²) in [7, 11) is 0. The van der Waals surface area contributed by atoms with Crippen molar-refractivity contribution < 1.29 is 0 Å². The zero-order chi connectivity index (χ0) is 5.98. The van der Waals surface area contributed by atoms with Crippen LogP contribution in [0.2, 0.25) is 0 Å². The van der Waals surface area contributed by atoms with Gasteiger partial charge in [-0.05, 0) is 12.8 Å². The van der Waals surface area contributed by atoms with Crippen molar-refractivity contribution in [1.29, 1.82) is 0 Å². The molecule has 1 atom stereocenters. The largest absolute Gasteiger partial charge is 0.402 e. The van der Waals surface area contributed by atoms with Crippen molar-refractivity contribution in [1.82, 2.24) is 0 Å². The van der Waals surface area contributed by atoms with E-state index in [2.05, 4.69) is 6.08 Å². The van der Waals surface area contributed by atoms with Gasteiger partial charge >= 0.3 is 0 Å². The molecule has 1 aliphatic rings. The summed E-state index contributed by atoms with van der Waals surface area (Å²) in [5.41, 5.74) is 12.1.